The van der Waals surface area contributed by atoms with Crippen molar-refractivity contribution in [2.45, 2.75) is 23.3 Å². The molecule has 6 atom stereocenters. The summed E-state index contributed by atoms with van der Waals surface area (Å²) in [5, 5.41) is 1.79. The Morgan fingerprint density at radius 3 is 2.17 bits per heavy atom. The van der Waals surface area contributed by atoms with Gasteiger partial charge in [0.15, 0.2) is 0 Å². The van der Waals surface area contributed by atoms with Gasteiger partial charge >= 0.3 is 0 Å². The van der Waals surface area contributed by atoms with Crippen molar-refractivity contribution < 1.29 is 0 Å². The summed E-state index contributed by atoms with van der Waals surface area (Å²) in [4.78, 5) is 0. The molecule has 0 radical (unpaired) electrons. The molecule has 0 amide bonds. The summed E-state index contributed by atoms with van der Waals surface area (Å²) in [5.41, 5.74) is 0. The quantitative estimate of drug-likeness (QED) is 0.322. The number of allylic oxidation sites excluding steroid dienone is 2. The van der Waals surface area contributed by atoms with Crippen LogP contribution in [-0.4, -0.2) is 10.5 Å². The van der Waals surface area contributed by atoms with E-state index in [1.807, 2.05) is 59.0 Å². The zero-order valence-electron chi connectivity index (χ0n) is 9.30. The van der Waals surface area contributed by atoms with Gasteiger partial charge < -0.3 is 0 Å². The molecule has 4 rings (SSSR count). The van der Waals surface area contributed by atoms with Gasteiger partial charge in [0.25, 0.3) is 0 Å². The highest BCUT2D eigenvalue weighted by molar-refractivity contribution is 9.49. The van der Waals surface area contributed by atoms with Crippen LogP contribution in [0.2, 0.25) is 0 Å². The molecule has 100 valence electrons. The highest BCUT2D eigenvalue weighted by atomic mass is 34.0. The number of hydrogen-bond acceptors (Lipinski definition) is 8. The maximum absolute atomic E-state index is 2.54. The molecule has 0 N–H and O–H groups in total. The SMILES string of the molecule is C1=C[C@H]2[C@@H](C1)[C@@H]1C[C@H]2C2SSSSSSSSC21. The van der Waals surface area contributed by atoms with Crippen LogP contribution in [0, 0.1) is 23.7 Å². The Morgan fingerprint density at radius 1 is 0.722 bits per heavy atom. The molecule has 0 aromatic rings. The Labute approximate surface area is 138 Å². The first-order chi connectivity index (χ1) is 8.95. The summed E-state index contributed by atoms with van der Waals surface area (Å²) in [6.45, 7) is 0. The predicted molar refractivity (Wildman–Crippen MR) is 101 cm³/mol. The van der Waals surface area contributed by atoms with Gasteiger partial charge in [0.2, 0.25) is 0 Å². The Kier molecular flexibility index (Phi) is 4.99. The summed E-state index contributed by atoms with van der Waals surface area (Å²) in [5.74, 6) is 3.89. The molecule has 2 saturated carbocycles. The molecule has 0 aromatic heterocycles. The monoisotopic (exact) mass is 388 g/mol. The lowest BCUT2D eigenvalue weighted by Gasteiger charge is -2.36. The molecule has 8 heteroatoms. The second kappa shape index (κ2) is 6.34. The fourth-order valence-corrected chi connectivity index (χ4v) is 23.6. The Balaban J connectivity index is 1.54. The molecule has 18 heavy (non-hydrogen) atoms. The van der Waals surface area contributed by atoms with Crippen LogP contribution in [0.1, 0.15) is 12.8 Å². The molecule has 0 aromatic carbocycles. The molecule has 3 aliphatic carbocycles. The normalized spacial score (nSPS) is 51.1. The predicted octanol–water partition coefficient (Wildman–Crippen LogP) is 6.85. The van der Waals surface area contributed by atoms with Gasteiger partial charge in [-0.3, -0.25) is 0 Å². The largest absolute Gasteiger partial charge is 0.0879 e. The Hall–Kier alpha value is 2.54. The van der Waals surface area contributed by atoms with Crippen LogP contribution in [-0.2, 0) is 0 Å². The zero-order valence-corrected chi connectivity index (χ0v) is 15.8. The molecule has 0 spiro atoms. The van der Waals surface area contributed by atoms with Crippen molar-refractivity contribution in [1.82, 2.24) is 0 Å². The van der Waals surface area contributed by atoms with Gasteiger partial charge in [-0.2, -0.15) is 0 Å². The van der Waals surface area contributed by atoms with E-state index in [-0.39, 0.29) is 0 Å². The average molecular weight is 389 g/mol. The van der Waals surface area contributed by atoms with Crippen LogP contribution in [0.4, 0.5) is 0 Å². The third-order valence-corrected chi connectivity index (χ3v) is 20.8. The van der Waals surface area contributed by atoms with E-state index < -0.39 is 0 Å². The highest BCUT2D eigenvalue weighted by Crippen LogP contribution is 2.69. The van der Waals surface area contributed by atoms with Gasteiger partial charge in [0, 0.05) is 10.5 Å². The van der Waals surface area contributed by atoms with Crippen molar-refractivity contribution in [1.29, 1.82) is 0 Å². The average Bonchev–Trinajstić information content (AvgIpc) is 3.05. The van der Waals surface area contributed by atoms with E-state index in [0.717, 1.165) is 34.2 Å². The molecule has 1 aliphatic heterocycles. The lowest BCUT2D eigenvalue weighted by atomic mass is 9.81. The molecule has 4 aliphatic rings. The van der Waals surface area contributed by atoms with Crippen molar-refractivity contribution >= 4 is 80.5 Å². The van der Waals surface area contributed by atoms with E-state index in [1.54, 1.807) is 0 Å². The van der Waals surface area contributed by atoms with Crippen LogP contribution >= 0.6 is 80.5 Å². The van der Waals surface area contributed by atoms with Crippen LogP contribution in [0.3, 0.4) is 0 Å². The summed E-state index contributed by atoms with van der Waals surface area (Å²) in [6, 6.07) is 0. The molecular formula is C10H12S8. The van der Waals surface area contributed by atoms with Gasteiger partial charge in [0.1, 0.15) is 0 Å². The lowest BCUT2D eigenvalue weighted by Crippen LogP contribution is -2.35. The minimum atomic E-state index is 0.887. The van der Waals surface area contributed by atoms with Crippen LogP contribution < -0.4 is 0 Å². The van der Waals surface area contributed by atoms with Crippen molar-refractivity contribution in [3.63, 3.8) is 0 Å². The van der Waals surface area contributed by atoms with Gasteiger partial charge in [-0.05, 0) is 95.5 Å². The summed E-state index contributed by atoms with van der Waals surface area (Å²) < 4.78 is 0. The van der Waals surface area contributed by atoms with Crippen molar-refractivity contribution in [3.8, 4) is 0 Å². The minimum Gasteiger partial charge on any atom is -0.0879 e. The summed E-state index contributed by atoms with van der Waals surface area (Å²) in [6.07, 6.45) is 7.87. The minimum absolute atomic E-state index is 0.887. The zero-order chi connectivity index (χ0) is 11.9. The molecule has 2 unspecified atom stereocenters. The molecule has 3 fully saturated rings. The maximum atomic E-state index is 2.54. The first-order valence-corrected chi connectivity index (χ1v) is 16.2. The van der Waals surface area contributed by atoms with Crippen LogP contribution in [0.25, 0.3) is 0 Å². The van der Waals surface area contributed by atoms with E-state index in [4.69, 9.17) is 0 Å². The standard InChI is InChI=1S/C10H12S8/c1-2-5-6(3-1)8-4-7(5)9-10(8)12-14-16-18-17-15-13-11-9/h1-2,5-10H,3-4H2/t5-,6+,7+,8-,9?,10?/m0/s1. The third-order valence-electron chi connectivity index (χ3n) is 4.46. The first-order valence-electron chi connectivity index (χ1n) is 5.94. The molecule has 1 saturated heterocycles. The second-order valence-electron chi connectivity index (χ2n) is 5.00. The Bertz CT molecular complexity index is 347. The van der Waals surface area contributed by atoms with Gasteiger partial charge in [-0.1, -0.05) is 33.7 Å². The lowest BCUT2D eigenvalue weighted by molar-refractivity contribution is 0.300. The second-order valence-corrected chi connectivity index (χ2v) is 18.2. The van der Waals surface area contributed by atoms with E-state index in [1.165, 1.54) is 12.8 Å². The van der Waals surface area contributed by atoms with Gasteiger partial charge in [-0.25, -0.2) is 0 Å². The van der Waals surface area contributed by atoms with Crippen LogP contribution in [0.15, 0.2) is 12.2 Å². The first kappa shape index (κ1) is 14.2. The van der Waals surface area contributed by atoms with Gasteiger partial charge in [-0.15, -0.1) is 0 Å². The van der Waals surface area contributed by atoms with E-state index in [9.17, 15) is 0 Å². The van der Waals surface area contributed by atoms with Crippen LogP contribution in [0.5, 0.6) is 0 Å². The van der Waals surface area contributed by atoms with E-state index in [0.29, 0.717) is 0 Å². The fourth-order valence-electron chi connectivity index (χ4n) is 3.90. The third kappa shape index (κ3) is 2.52. The smallest absolute Gasteiger partial charge is 0.0324 e. The molecule has 2 bridgehead atoms. The van der Waals surface area contributed by atoms with Crippen molar-refractivity contribution in [3.05, 3.63) is 12.2 Å². The van der Waals surface area contributed by atoms with E-state index >= 15 is 0 Å². The van der Waals surface area contributed by atoms with Gasteiger partial charge in [0.05, 0.1) is 0 Å². The van der Waals surface area contributed by atoms with E-state index in [2.05, 4.69) is 33.7 Å². The number of rotatable bonds is 0. The summed E-state index contributed by atoms with van der Waals surface area (Å²) >= 11 is 0. The molecular weight excluding hydrogens is 377 g/mol. The number of hydrogen-bond donors (Lipinski definition) is 0. The maximum Gasteiger partial charge on any atom is 0.0324 e. The molecule has 1 heterocycles. The highest BCUT2D eigenvalue weighted by Gasteiger charge is 2.58. The molecule has 0 nitrogen and oxygen atoms in total. The topological polar surface area (TPSA) is 0 Å². The fraction of sp³-hybridized carbons (Fsp3) is 0.800. The van der Waals surface area contributed by atoms with Crippen molar-refractivity contribution in [2.24, 2.45) is 23.7 Å². The Morgan fingerprint density at radius 2 is 1.39 bits per heavy atom. The summed E-state index contributed by atoms with van der Waals surface area (Å²) in [7, 11) is 16.1. The number of fused-ring (bicyclic) bond motifs is 8. The van der Waals surface area contributed by atoms with Crippen molar-refractivity contribution in [2.75, 3.05) is 0 Å².